The Morgan fingerprint density at radius 2 is 1.69 bits per heavy atom. The highest BCUT2D eigenvalue weighted by atomic mass is 32.2. The average Bonchev–Trinajstić information content (AvgIpc) is 2.72. The standard InChI is InChI=1S/C23H27F3N2O3S/c1-22(2,3)31-21(29)28-12-10-27(11-13-28)19-9-8-16(23(24,25)26)14-20(19)32-18-7-5-6-17(15-18)30-4/h5-9,14-15H,10-13H2,1-4H3. The second-order valence-corrected chi connectivity index (χ2v) is 9.53. The number of methoxy groups -OCH3 is 1. The van der Waals surface area contributed by atoms with Crippen molar-refractivity contribution in [2.45, 2.75) is 42.3 Å². The second kappa shape index (κ2) is 9.52. The Morgan fingerprint density at radius 3 is 2.28 bits per heavy atom. The van der Waals surface area contributed by atoms with E-state index in [1.165, 1.54) is 23.9 Å². The molecule has 3 rings (SSSR count). The van der Waals surface area contributed by atoms with Crippen molar-refractivity contribution < 1.29 is 27.4 Å². The van der Waals surface area contributed by atoms with Crippen LogP contribution in [-0.4, -0.2) is 49.9 Å². The van der Waals surface area contributed by atoms with Gasteiger partial charge in [0.1, 0.15) is 11.4 Å². The molecule has 1 amide bonds. The smallest absolute Gasteiger partial charge is 0.416 e. The zero-order valence-corrected chi connectivity index (χ0v) is 19.3. The van der Waals surface area contributed by atoms with Gasteiger partial charge in [0.2, 0.25) is 0 Å². The third-order valence-electron chi connectivity index (χ3n) is 4.83. The van der Waals surface area contributed by atoms with Crippen LogP contribution in [0.15, 0.2) is 52.3 Å². The molecule has 9 heteroatoms. The Hall–Kier alpha value is -2.55. The highest BCUT2D eigenvalue weighted by Crippen LogP contribution is 2.41. The molecule has 0 aliphatic carbocycles. The number of benzene rings is 2. The number of carbonyl (C=O) groups is 1. The summed E-state index contributed by atoms with van der Waals surface area (Å²) in [6.45, 7) is 7.28. The van der Waals surface area contributed by atoms with Gasteiger partial charge in [0.05, 0.1) is 18.4 Å². The van der Waals surface area contributed by atoms with Crippen LogP contribution < -0.4 is 9.64 Å². The van der Waals surface area contributed by atoms with Gasteiger partial charge in [-0.3, -0.25) is 0 Å². The van der Waals surface area contributed by atoms with E-state index >= 15 is 0 Å². The summed E-state index contributed by atoms with van der Waals surface area (Å²) in [7, 11) is 1.55. The molecule has 0 aromatic heterocycles. The lowest BCUT2D eigenvalue weighted by molar-refractivity contribution is -0.137. The number of hydrogen-bond donors (Lipinski definition) is 0. The lowest BCUT2D eigenvalue weighted by atomic mass is 10.1. The molecular formula is C23H27F3N2O3S. The minimum absolute atomic E-state index is 0.379. The fourth-order valence-electron chi connectivity index (χ4n) is 3.28. The molecule has 32 heavy (non-hydrogen) atoms. The van der Waals surface area contributed by atoms with E-state index in [0.29, 0.717) is 42.5 Å². The maximum absolute atomic E-state index is 13.4. The number of hydrogen-bond acceptors (Lipinski definition) is 5. The molecule has 1 heterocycles. The van der Waals surface area contributed by atoms with Crippen molar-refractivity contribution >= 4 is 23.5 Å². The predicted molar refractivity (Wildman–Crippen MR) is 119 cm³/mol. The maximum atomic E-state index is 13.4. The van der Waals surface area contributed by atoms with Crippen molar-refractivity contribution in [2.24, 2.45) is 0 Å². The summed E-state index contributed by atoms with van der Waals surface area (Å²) < 4.78 is 50.8. The first-order valence-electron chi connectivity index (χ1n) is 10.2. The van der Waals surface area contributed by atoms with E-state index in [0.717, 1.165) is 11.0 Å². The number of alkyl halides is 3. The molecule has 0 radical (unpaired) electrons. The molecule has 0 unspecified atom stereocenters. The van der Waals surface area contributed by atoms with Crippen molar-refractivity contribution in [3.8, 4) is 5.75 Å². The van der Waals surface area contributed by atoms with E-state index in [1.807, 2.05) is 31.7 Å². The van der Waals surface area contributed by atoms with Gasteiger partial charge >= 0.3 is 12.3 Å². The Kier molecular flexibility index (Phi) is 7.17. The molecule has 1 aliphatic heterocycles. The Balaban J connectivity index is 1.82. The molecule has 1 aliphatic rings. The van der Waals surface area contributed by atoms with Gasteiger partial charge in [0.15, 0.2) is 0 Å². The van der Waals surface area contributed by atoms with Gasteiger partial charge in [-0.25, -0.2) is 4.79 Å². The van der Waals surface area contributed by atoms with Gasteiger partial charge in [-0.15, -0.1) is 0 Å². The van der Waals surface area contributed by atoms with E-state index < -0.39 is 17.3 Å². The van der Waals surface area contributed by atoms with Crippen molar-refractivity contribution in [3.63, 3.8) is 0 Å². The zero-order valence-electron chi connectivity index (χ0n) is 18.5. The molecule has 2 aromatic rings. The largest absolute Gasteiger partial charge is 0.497 e. The molecule has 0 atom stereocenters. The number of nitrogens with zero attached hydrogens (tertiary/aromatic N) is 2. The first kappa shape index (κ1) is 24.1. The molecule has 0 bridgehead atoms. The zero-order chi connectivity index (χ0) is 23.5. The van der Waals surface area contributed by atoms with Crippen LogP contribution in [0.25, 0.3) is 0 Å². The van der Waals surface area contributed by atoms with Gasteiger partial charge in [0, 0.05) is 36.0 Å². The summed E-state index contributed by atoms with van der Waals surface area (Å²) in [6, 6.07) is 11.0. The normalized spacial score (nSPS) is 15.0. The number of ether oxygens (including phenoxy) is 2. The fraction of sp³-hybridized carbons (Fsp3) is 0.435. The fourth-order valence-corrected chi connectivity index (χ4v) is 4.34. The van der Waals surface area contributed by atoms with Gasteiger partial charge in [-0.2, -0.15) is 13.2 Å². The molecule has 2 aromatic carbocycles. The van der Waals surface area contributed by atoms with Crippen molar-refractivity contribution in [1.82, 2.24) is 4.90 Å². The summed E-state index contributed by atoms with van der Waals surface area (Å²) in [5.41, 5.74) is -0.573. The summed E-state index contributed by atoms with van der Waals surface area (Å²) in [6.07, 6.45) is -4.81. The summed E-state index contributed by atoms with van der Waals surface area (Å²) in [5.74, 6) is 0.634. The molecule has 0 spiro atoms. The van der Waals surface area contributed by atoms with Crippen molar-refractivity contribution in [2.75, 3.05) is 38.2 Å². The number of carbonyl (C=O) groups excluding carboxylic acids is 1. The third kappa shape index (κ3) is 6.25. The highest BCUT2D eigenvalue weighted by Gasteiger charge is 2.32. The first-order valence-corrected chi connectivity index (χ1v) is 11.0. The first-order chi connectivity index (χ1) is 15.0. The van der Waals surface area contributed by atoms with E-state index in [9.17, 15) is 18.0 Å². The van der Waals surface area contributed by atoms with Crippen LogP contribution in [0.1, 0.15) is 26.3 Å². The molecule has 0 saturated carbocycles. The van der Waals surface area contributed by atoms with E-state index in [-0.39, 0.29) is 6.09 Å². The third-order valence-corrected chi connectivity index (χ3v) is 5.86. The van der Waals surface area contributed by atoms with Crippen molar-refractivity contribution in [3.05, 3.63) is 48.0 Å². The topological polar surface area (TPSA) is 42.0 Å². The second-order valence-electron chi connectivity index (χ2n) is 8.42. The SMILES string of the molecule is COc1cccc(Sc2cc(C(F)(F)F)ccc2N2CCN(C(=O)OC(C)(C)C)CC2)c1. The summed E-state index contributed by atoms with van der Waals surface area (Å²) >= 11 is 1.26. The summed E-state index contributed by atoms with van der Waals surface area (Å²) in [4.78, 5) is 17.2. The molecule has 1 saturated heterocycles. The lowest BCUT2D eigenvalue weighted by Crippen LogP contribution is -2.50. The Bertz CT molecular complexity index is 952. The number of anilines is 1. The van der Waals surface area contributed by atoms with Crippen LogP contribution in [0, 0.1) is 0 Å². The Morgan fingerprint density at radius 1 is 1.00 bits per heavy atom. The van der Waals surface area contributed by atoms with Crippen LogP contribution in [-0.2, 0) is 10.9 Å². The summed E-state index contributed by atoms with van der Waals surface area (Å²) in [5, 5.41) is 0. The van der Waals surface area contributed by atoms with Crippen LogP contribution >= 0.6 is 11.8 Å². The highest BCUT2D eigenvalue weighted by molar-refractivity contribution is 7.99. The number of halogens is 3. The van der Waals surface area contributed by atoms with Crippen LogP contribution in [0.5, 0.6) is 5.75 Å². The molecule has 174 valence electrons. The van der Waals surface area contributed by atoms with Gasteiger partial charge in [-0.05, 0) is 57.2 Å². The molecular weight excluding hydrogens is 441 g/mol. The minimum atomic E-state index is -4.43. The van der Waals surface area contributed by atoms with Crippen LogP contribution in [0.2, 0.25) is 0 Å². The van der Waals surface area contributed by atoms with Gasteiger partial charge in [-0.1, -0.05) is 17.8 Å². The minimum Gasteiger partial charge on any atom is -0.497 e. The number of amides is 1. The van der Waals surface area contributed by atoms with E-state index in [1.54, 1.807) is 30.2 Å². The predicted octanol–water partition coefficient (Wildman–Crippen LogP) is 5.92. The number of piperazine rings is 1. The molecule has 5 nitrogen and oxygen atoms in total. The van der Waals surface area contributed by atoms with E-state index in [4.69, 9.17) is 9.47 Å². The molecule has 0 N–H and O–H groups in total. The van der Waals surface area contributed by atoms with Crippen LogP contribution in [0.4, 0.5) is 23.7 Å². The van der Waals surface area contributed by atoms with Gasteiger partial charge in [0.25, 0.3) is 0 Å². The monoisotopic (exact) mass is 468 g/mol. The number of rotatable bonds is 4. The Labute approximate surface area is 190 Å². The molecule has 1 fully saturated rings. The lowest BCUT2D eigenvalue weighted by Gasteiger charge is -2.37. The van der Waals surface area contributed by atoms with Gasteiger partial charge < -0.3 is 19.3 Å². The van der Waals surface area contributed by atoms with E-state index in [2.05, 4.69) is 0 Å². The average molecular weight is 469 g/mol. The quantitative estimate of drug-likeness (QED) is 0.557. The maximum Gasteiger partial charge on any atom is 0.416 e. The van der Waals surface area contributed by atoms with Crippen LogP contribution in [0.3, 0.4) is 0 Å². The van der Waals surface area contributed by atoms with Crippen molar-refractivity contribution in [1.29, 1.82) is 0 Å².